The number of nitrogens with one attached hydrogen (secondary N) is 2. The van der Waals surface area contributed by atoms with Crippen molar-refractivity contribution >= 4 is 11.9 Å². The molecule has 0 unspecified atom stereocenters. The average Bonchev–Trinajstić information content (AvgIpc) is 3.19. The molecule has 9 heteroatoms. The first-order valence-electron chi connectivity index (χ1n) is 6.25. The van der Waals surface area contributed by atoms with Gasteiger partial charge >= 0.3 is 0 Å². The summed E-state index contributed by atoms with van der Waals surface area (Å²) in [6.07, 6.45) is 3.19. The highest BCUT2D eigenvalue weighted by atomic mass is 16.2. The minimum atomic E-state index is -0.576. The number of aromatic nitrogens is 7. The lowest BCUT2D eigenvalue weighted by molar-refractivity contribution is -0.119. The largest absolute Gasteiger partial charge is 0.293 e. The van der Waals surface area contributed by atoms with Gasteiger partial charge in [0, 0.05) is 6.42 Å². The van der Waals surface area contributed by atoms with Crippen LogP contribution in [0.3, 0.4) is 0 Å². The van der Waals surface area contributed by atoms with Gasteiger partial charge in [-0.1, -0.05) is 30.3 Å². The molecule has 0 spiro atoms. The maximum atomic E-state index is 12.4. The Hall–Kier alpha value is -3.10. The van der Waals surface area contributed by atoms with E-state index < -0.39 is 6.04 Å². The Labute approximate surface area is 119 Å². The molecule has 9 nitrogen and oxygen atoms in total. The van der Waals surface area contributed by atoms with Gasteiger partial charge in [-0.15, -0.1) is 5.10 Å². The number of anilines is 1. The van der Waals surface area contributed by atoms with Crippen LogP contribution in [-0.4, -0.2) is 41.3 Å². The number of aromatic amines is 1. The van der Waals surface area contributed by atoms with Crippen molar-refractivity contribution in [3.8, 4) is 0 Å². The molecule has 3 aromatic rings. The molecule has 1 aromatic carbocycles. The molecule has 2 aromatic heterocycles. The monoisotopic (exact) mass is 284 g/mol. The second kappa shape index (κ2) is 5.90. The van der Waals surface area contributed by atoms with Gasteiger partial charge in [0.1, 0.15) is 18.7 Å². The molecule has 106 valence electrons. The van der Waals surface area contributed by atoms with Gasteiger partial charge in [0.25, 0.3) is 5.91 Å². The molecule has 0 bridgehead atoms. The quantitative estimate of drug-likeness (QED) is 0.692. The normalized spacial score (nSPS) is 12.0. The van der Waals surface area contributed by atoms with E-state index in [0.717, 1.165) is 5.56 Å². The molecule has 0 aliphatic heterocycles. The van der Waals surface area contributed by atoms with E-state index in [1.807, 2.05) is 30.3 Å². The van der Waals surface area contributed by atoms with Gasteiger partial charge < -0.3 is 0 Å². The van der Waals surface area contributed by atoms with Crippen LogP contribution in [0.4, 0.5) is 5.95 Å². The highest BCUT2D eigenvalue weighted by Crippen LogP contribution is 2.14. The lowest BCUT2D eigenvalue weighted by Crippen LogP contribution is -2.28. The fraction of sp³-hybridized carbons (Fsp3) is 0.167. The van der Waals surface area contributed by atoms with Crippen LogP contribution in [0.1, 0.15) is 11.6 Å². The van der Waals surface area contributed by atoms with Crippen molar-refractivity contribution in [2.45, 2.75) is 12.5 Å². The summed E-state index contributed by atoms with van der Waals surface area (Å²) < 4.78 is 1.42. The number of tetrazole rings is 1. The van der Waals surface area contributed by atoms with E-state index in [9.17, 15) is 4.79 Å². The molecule has 0 aliphatic rings. The number of benzene rings is 1. The molecule has 2 N–H and O–H groups in total. The van der Waals surface area contributed by atoms with Crippen LogP contribution in [0.25, 0.3) is 0 Å². The van der Waals surface area contributed by atoms with Crippen molar-refractivity contribution in [1.82, 2.24) is 35.4 Å². The van der Waals surface area contributed by atoms with Gasteiger partial charge in [-0.2, -0.15) is 10.1 Å². The highest BCUT2D eigenvalue weighted by Gasteiger charge is 2.23. The van der Waals surface area contributed by atoms with Crippen molar-refractivity contribution in [3.63, 3.8) is 0 Å². The molecule has 2 heterocycles. The first kappa shape index (κ1) is 12.9. The molecule has 0 fully saturated rings. The van der Waals surface area contributed by atoms with Gasteiger partial charge in [-0.05, 0) is 16.0 Å². The zero-order chi connectivity index (χ0) is 14.5. The summed E-state index contributed by atoms with van der Waals surface area (Å²) >= 11 is 0. The first-order valence-corrected chi connectivity index (χ1v) is 6.25. The molecule has 0 saturated heterocycles. The van der Waals surface area contributed by atoms with Crippen LogP contribution < -0.4 is 5.32 Å². The van der Waals surface area contributed by atoms with Crippen LogP contribution in [0.15, 0.2) is 43.0 Å². The van der Waals surface area contributed by atoms with Crippen LogP contribution >= 0.6 is 0 Å². The summed E-state index contributed by atoms with van der Waals surface area (Å²) in [4.78, 5) is 16.3. The molecule has 0 saturated carbocycles. The zero-order valence-electron chi connectivity index (χ0n) is 10.9. The summed E-state index contributed by atoms with van der Waals surface area (Å²) in [6.45, 7) is 0. The molecular weight excluding hydrogens is 272 g/mol. The Kier molecular flexibility index (Phi) is 3.63. The van der Waals surface area contributed by atoms with Crippen LogP contribution in [0, 0.1) is 0 Å². The third-order valence-corrected chi connectivity index (χ3v) is 2.92. The van der Waals surface area contributed by atoms with E-state index in [2.05, 4.69) is 36.0 Å². The number of carbonyl (C=O) groups excluding carboxylic acids is 1. The predicted octanol–water partition coefficient (Wildman–Crippen LogP) is 0.214. The molecule has 21 heavy (non-hydrogen) atoms. The van der Waals surface area contributed by atoms with Gasteiger partial charge in [-0.25, -0.2) is 9.78 Å². The second-order valence-corrected chi connectivity index (χ2v) is 4.32. The predicted molar refractivity (Wildman–Crippen MR) is 72.0 cm³/mol. The second-order valence-electron chi connectivity index (χ2n) is 4.32. The number of carbonyl (C=O) groups is 1. The van der Waals surface area contributed by atoms with E-state index >= 15 is 0 Å². The van der Waals surface area contributed by atoms with E-state index in [1.54, 1.807) is 0 Å². The fourth-order valence-electron chi connectivity index (χ4n) is 1.92. The number of H-pyrrole nitrogens is 1. The SMILES string of the molecule is O=C(Nc1ncn[nH]1)[C@H](Cc1ccccc1)n1cnnn1. The number of amides is 1. The van der Waals surface area contributed by atoms with Crippen molar-refractivity contribution < 1.29 is 4.79 Å². The lowest BCUT2D eigenvalue weighted by atomic mass is 10.1. The van der Waals surface area contributed by atoms with Crippen molar-refractivity contribution in [1.29, 1.82) is 0 Å². The Balaban J connectivity index is 1.81. The van der Waals surface area contributed by atoms with Gasteiger partial charge in [-0.3, -0.25) is 10.1 Å². The molecule has 0 radical (unpaired) electrons. The maximum absolute atomic E-state index is 12.4. The molecule has 0 aliphatic carbocycles. The third-order valence-electron chi connectivity index (χ3n) is 2.92. The van der Waals surface area contributed by atoms with E-state index in [-0.39, 0.29) is 11.9 Å². The zero-order valence-corrected chi connectivity index (χ0v) is 10.9. The van der Waals surface area contributed by atoms with Gasteiger partial charge in [0.05, 0.1) is 0 Å². The average molecular weight is 284 g/mol. The lowest BCUT2D eigenvalue weighted by Gasteiger charge is -2.15. The number of hydrogen-bond donors (Lipinski definition) is 2. The number of hydrogen-bond acceptors (Lipinski definition) is 6. The Morgan fingerprint density at radius 2 is 2.19 bits per heavy atom. The van der Waals surface area contributed by atoms with Crippen molar-refractivity contribution in [2.24, 2.45) is 0 Å². The van der Waals surface area contributed by atoms with E-state index in [1.165, 1.54) is 17.3 Å². The molecule has 1 atom stereocenters. The first-order chi connectivity index (χ1) is 10.3. The summed E-state index contributed by atoms with van der Waals surface area (Å²) in [5, 5.41) is 19.9. The summed E-state index contributed by atoms with van der Waals surface area (Å²) in [5.74, 6) is 0.00837. The van der Waals surface area contributed by atoms with Gasteiger partial charge in [0.15, 0.2) is 0 Å². The van der Waals surface area contributed by atoms with Crippen molar-refractivity contribution in [2.75, 3.05) is 5.32 Å². The smallest absolute Gasteiger partial charge is 0.252 e. The van der Waals surface area contributed by atoms with Crippen LogP contribution in [0.5, 0.6) is 0 Å². The number of nitrogens with zero attached hydrogens (tertiary/aromatic N) is 6. The Morgan fingerprint density at radius 1 is 1.33 bits per heavy atom. The van der Waals surface area contributed by atoms with Crippen molar-refractivity contribution in [3.05, 3.63) is 48.5 Å². The van der Waals surface area contributed by atoms with Crippen LogP contribution in [0.2, 0.25) is 0 Å². The topological polar surface area (TPSA) is 114 Å². The molecular formula is C12H12N8O. The molecule has 1 amide bonds. The Bertz CT molecular complexity index is 679. The third kappa shape index (κ3) is 3.08. The number of rotatable bonds is 5. The highest BCUT2D eigenvalue weighted by molar-refractivity contribution is 5.92. The summed E-state index contributed by atoms with van der Waals surface area (Å²) in [6, 6.07) is 9.07. The summed E-state index contributed by atoms with van der Waals surface area (Å²) in [5.41, 5.74) is 1.01. The van der Waals surface area contributed by atoms with E-state index in [4.69, 9.17) is 0 Å². The van der Waals surface area contributed by atoms with Gasteiger partial charge in [0.2, 0.25) is 5.95 Å². The Morgan fingerprint density at radius 3 is 2.86 bits per heavy atom. The summed E-state index contributed by atoms with van der Waals surface area (Å²) in [7, 11) is 0. The maximum Gasteiger partial charge on any atom is 0.252 e. The van der Waals surface area contributed by atoms with Crippen LogP contribution in [-0.2, 0) is 11.2 Å². The van der Waals surface area contributed by atoms with E-state index in [0.29, 0.717) is 6.42 Å². The standard InChI is InChI=1S/C12H12N8O/c21-11(16-12-13-7-14-17-12)10(20-8-15-18-19-20)6-9-4-2-1-3-5-9/h1-5,7-8,10H,6H2,(H2,13,14,16,17,21)/t10-/m0/s1. The minimum absolute atomic E-state index is 0.275. The fourth-order valence-corrected chi connectivity index (χ4v) is 1.92. The minimum Gasteiger partial charge on any atom is -0.293 e. The molecule has 3 rings (SSSR count).